The molecule has 0 bridgehead atoms. The molecule has 0 aromatic carbocycles. The number of anilines is 1. The van der Waals surface area contributed by atoms with Crippen molar-refractivity contribution in [2.75, 3.05) is 5.32 Å². The van der Waals surface area contributed by atoms with E-state index in [1.807, 2.05) is 0 Å². The molecule has 0 radical (unpaired) electrons. The van der Waals surface area contributed by atoms with Gasteiger partial charge in [0.2, 0.25) is 0 Å². The van der Waals surface area contributed by atoms with Crippen LogP contribution in [0.15, 0.2) is 38.9 Å². The van der Waals surface area contributed by atoms with Crippen LogP contribution in [0.5, 0.6) is 0 Å². The molecule has 1 amide bonds. The number of hydrogen-bond donors (Lipinski definition) is 1. The fourth-order valence-electron chi connectivity index (χ4n) is 1.57. The van der Waals surface area contributed by atoms with Gasteiger partial charge in [0, 0.05) is 16.7 Å². The van der Waals surface area contributed by atoms with E-state index in [-0.39, 0.29) is 5.91 Å². The summed E-state index contributed by atoms with van der Waals surface area (Å²) in [5.41, 5.74) is 0.686. The van der Waals surface area contributed by atoms with Gasteiger partial charge in [0.25, 0.3) is 5.91 Å². The number of carbonyl (C=O) groups is 1. The molecule has 3 heterocycles. The molecule has 8 heteroatoms. The Balaban J connectivity index is 1.92. The average Bonchev–Trinajstić information content (AvgIpc) is 2.98. The Kier molecular flexibility index (Phi) is 3.38. The minimum Gasteiger partial charge on any atom is -0.306 e. The quantitative estimate of drug-likeness (QED) is 0.714. The van der Waals surface area contributed by atoms with Crippen molar-refractivity contribution in [3.8, 4) is 0 Å². The normalized spacial score (nSPS) is 10.8. The van der Waals surface area contributed by atoms with Crippen LogP contribution in [0.1, 0.15) is 9.67 Å². The summed E-state index contributed by atoms with van der Waals surface area (Å²) >= 11 is 8.09. The Bertz CT molecular complexity index is 747. The lowest BCUT2D eigenvalue weighted by Crippen LogP contribution is -2.13. The molecular weight excluding hydrogens is 396 g/mol. The minimum atomic E-state index is -0.181. The summed E-state index contributed by atoms with van der Waals surface area (Å²) in [5, 5.41) is 6.93. The van der Waals surface area contributed by atoms with Crippen molar-refractivity contribution < 1.29 is 4.79 Å². The van der Waals surface area contributed by atoms with Gasteiger partial charge in [-0.3, -0.25) is 4.79 Å². The van der Waals surface area contributed by atoms with E-state index >= 15 is 0 Å². The van der Waals surface area contributed by atoms with E-state index in [0.717, 1.165) is 8.26 Å². The van der Waals surface area contributed by atoms with Crippen molar-refractivity contribution in [3.05, 3.63) is 43.7 Å². The third-order valence-electron chi connectivity index (χ3n) is 2.40. The Morgan fingerprint density at radius 2 is 2.16 bits per heavy atom. The van der Waals surface area contributed by atoms with Gasteiger partial charge in [-0.25, -0.2) is 4.98 Å². The van der Waals surface area contributed by atoms with E-state index in [9.17, 15) is 4.79 Å². The first-order valence-electron chi connectivity index (χ1n) is 5.20. The average molecular weight is 402 g/mol. The monoisotopic (exact) mass is 400 g/mol. The topological polar surface area (TPSA) is 59.3 Å². The van der Waals surface area contributed by atoms with E-state index in [1.54, 1.807) is 35.1 Å². The molecule has 0 aliphatic heterocycles. The lowest BCUT2D eigenvalue weighted by molar-refractivity contribution is 0.103. The van der Waals surface area contributed by atoms with Crippen molar-refractivity contribution in [3.63, 3.8) is 0 Å². The number of amides is 1. The van der Waals surface area contributed by atoms with Crippen LogP contribution in [0.4, 0.5) is 5.82 Å². The minimum absolute atomic E-state index is 0.181. The number of halogens is 2. The van der Waals surface area contributed by atoms with Gasteiger partial charge in [0.05, 0.1) is 14.9 Å². The number of thiophene rings is 1. The lowest BCUT2D eigenvalue weighted by Gasteiger charge is -2.05. The number of rotatable bonds is 2. The molecule has 0 fully saturated rings. The molecule has 0 aliphatic carbocycles. The highest BCUT2D eigenvalue weighted by atomic mass is 79.9. The lowest BCUT2D eigenvalue weighted by atomic mass is 10.4. The van der Waals surface area contributed by atoms with E-state index in [0.29, 0.717) is 16.3 Å². The predicted molar refractivity (Wildman–Crippen MR) is 80.7 cm³/mol. The molecule has 3 aromatic rings. The van der Waals surface area contributed by atoms with Gasteiger partial charge in [-0.05, 0) is 44.0 Å². The van der Waals surface area contributed by atoms with Crippen molar-refractivity contribution in [2.45, 2.75) is 0 Å². The maximum atomic E-state index is 12.1. The fourth-order valence-corrected chi connectivity index (χ4v) is 3.50. The molecule has 0 saturated heterocycles. The number of aromatic nitrogens is 3. The second-order valence-electron chi connectivity index (χ2n) is 3.62. The van der Waals surface area contributed by atoms with Crippen molar-refractivity contribution in [2.24, 2.45) is 0 Å². The molecule has 96 valence electrons. The standard InChI is InChI=1S/C11H6Br2N4OS/c12-6-5-7(19-10(6)13)11(18)16-9-1-3-14-8-2-4-15-17(8)9/h1-5H,(H,16,18). The summed E-state index contributed by atoms with van der Waals surface area (Å²) in [6.07, 6.45) is 3.27. The second-order valence-corrected chi connectivity index (χ2v) is 6.84. The van der Waals surface area contributed by atoms with Gasteiger partial charge in [-0.1, -0.05) is 0 Å². The molecule has 3 rings (SSSR count). The molecule has 0 unspecified atom stereocenters. The van der Waals surface area contributed by atoms with Gasteiger partial charge < -0.3 is 5.32 Å². The van der Waals surface area contributed by atoms with E-state index < -0.39 is 0 Å². The summed E-state index contributed by atoms with van der Waals surface area (Å²) in [5.74, 6) is 0.403. The maximum Gasteiger partial charge on any atom is 0.266 e. The number of hydrogen-bond acceptors (Lipinski definition) is 4. The van der Waals surface area contributed by atoms with Gasteiger partial charge in [0.1, 0.15) is 5.82 Å². The van der Waals surface area contributed by atoms with Crippen LogP contribution in [0.25, 0.3) is 5.65 Å². The zero-order chi connectivity index (χ0) is 13.4. The highest BCUT2D eigenvalue weighted by molar-refractivity contribution is 9.13. The summed E-state index contributed by atoms with van der Waals surface area (Å²) in [4.78, 5) is 16.9. The van der Waals surface area contributed by atoms with E-state index in [1.165, 1.54) is 11.3 Å². The van der Waals surface area contributed by atoms with Gasteiger partial charge in [0.15, 0.2) is 5.65 Å². The summed E-state index contributed by atoms with van der Waals surface area (Å²) in [7, 11) is 0. The molecule has 1 N–H and O–H groups in total. The van der Waals surface area contributed by atoms with E-state index in [2.05, 4.69) is 47.3 Å². The van der Waals surface area contributed by atoms with Crippen LogP contribution in [0.3, 0.4) is 0 Å². The van der Waals surface area contributed by atoms with Crippen LogP contribution in [0.2, 0.25) is 0 Å². The van der Waals surface area contributed by atoms with Crippen molar-refractivity contribution in [1.82, 2.24) is 14.6 Å². The van der Waals surface area contributed by atoms with Crippen LogP contribution >= 0.6 is 43.2 Å². The molecule has 3 aromatic heterocycles. The number of nitrogens with one attached hydrogen (secondary N) is 1. The first-order chi connectivity index (χ1) is 9.15. The third-order valence-corrected chi connectivity index (χ3v) is 5.66. The Morgan fingerprint density at radius 1 is 1.32 bits per heavy atom. The molecular formula is C11H6Br2N4OS. The largest absolute Gasteiger partial charge is 0.306 e. The summed E-state index contributed by atoms with van der Waals surface area (Å²) in [6.45, 7) is 0. The number of carbonyl (C=O) groups excluding carboxylic acids is 1. The Morgan fingerprint density at radius 3 is 2.89 bits per heavy atom. The van der Waals surface area contributed by atoms with Crippen molar-refractivity contribution >= 4 is 60.6 Å². The Hall–Kier alpha value is -1.25. The molecule has 0 saturated carbocycles. The Labute approximate surface area is 128 Å². The van der Waals surface area contributed by atoms with Crippen LogP contribution < -0.4 is 5.32 Å². The SMILES string of the molecule is O=C(Nc1ccnc2ccnn12)c1cc(Br)c(Br)s1. The first kappa shape index (κ1) is 12.8. The zero-order valence-electron chi connectivity index (χ0n) is 9.30. The first-order valence-corrected chi connectivity index (χ1v) is 7.60. The molecule has 5 nitrogen and oxygen atoms in total. The van der Waals surface area contributed by atoms with E-state index in [4.69, 9.17) is 0 Å². The second kappa shape index (κ2) is 5.03. The molecule has 0 aliphatic rings. The van der Waals surface area contributed by atoms with Crippen LogP contribution in [0, 0.1) is 0 Å². The van der Waals surface area contributed by atoms with Gasteiger partial charge >= 0.3 is 0 Å². The van der Waals surface area contributed by atoms with Crippen molar-refractivity contribution in [1.29, 1.82) is 0 Å². The fraction of sp³-hybridized carbons (Fsp3) is 0. The smallest absolute Gasteiger partial charge is 0.266 e. The number of nitrogens with zero attached hydrogens (tertiary/aromatic N) is 3. The maximum absolute atomic E-state index is 12.1. The molecule has 0 spiro atoms. The number of fused-ring (bicyclic) bond motifs is 1. The van der Waals surface area contributed by atoms with Crippen LogP contribution in [-0.2, 0) is 0 Å². The highest BCUT2D eigenvalue weighted by Gasteiger charge is 2.13. The van der Waals surface area contributed by atoms with Gasteiger partial charge in [-0.2, -0.15) is 9.61 Å². The highest BCUT2D eigenvalue weighted by Crippen LogP contribution is 2.32. The van der Waals surface area contributed by atoms with Gasteiger partial charge in [-0.15, -0.1) is 11.3 Å². The zero-order valence-corrected chi connectivity index (χ0v) is 13.3. The summed E-state index contributed by atoms with van der Waals surface area (Å²) in [6, 6.07) is 5.25. The molecule has 19 heavy (non-hydrogen) atoms. The van der Waals surface area contributed by atoms with Crippen LogP contribution in [-0.4, -0.2) is 20.5 Å². The predicted octanol–water partition coefficient (Wildman–Crippen LogP) is 3.57. The molecule has 0 atom stereocenters. The summed E-state index contributed by atoms with van der Waals surface area (Å²) < 4.78 is 3.33. The third kappa shape index (κ3) is 2.43.